The van der Waals surface area contributed by atoms with Gasteiger partial charge in [-0.1, -0.05) is 36.4 Å². The molecule has 3 aromatic carbocycles. The zero-order valence-corrected chi connectivity index (χ0v) is 18.6. The molecule has 1 fully saturated rings. The average Bonchev–Trinajstić information content (AvgIpc) is 3.18. The maximum absolute atomic E-state index is 12.5. The van der Waals surface area contributed by atoms with E-state index in [-0.39, 0.29) is 18.4 Å². The van der Waals surface area contributed by atoms with Gasteiger partial charge in [-0.2, -0.15) is 0 Å². The Morgan fingerprint density at radius 3 is 2.52 bits per heavy atom. The van der Waals surface area contributed by atoms with E-state index in [0.717, 1.165) is 5.75 Å². The molecule has 3 aromatic rings. The predicted molar refractivity (Wildman–Crippen MR) is 131 cm³/mol. The van der Waals surface area contributed by atoms with Crippen LogP contribution in [0.5, 0.6) is 11.5 Å². The standard InChI is InChI=1S/C25H21N3O4S/c1-31-20-13-11-19(12-14-20)27-25-28-24(30)22(33-25)15-17-7-5-6-10-21(17)32-16-23(29)26-18-8-3-2-4-9-18/h2-15H,16H2,1H3,(H,26,29)(H,27,28,30)/b22-15-. The minimum absolute atomic E-state index is 0.154. The fraction of sp³-hybridized carbons (Fsp3) is 0.0800. The first-order valence-electron chi connectivity index (χ1n) is 10.1. The van der Waals surface area contributed by atoms with Gasteiger partial charge in [0.25, 0.3) is 11.8 Å². The molecule has 0 aromatic heterocycles. The van der Waals surface area contributed by atoms with Crippen LogP contribution in [0.1, 0.15) is 5.56 Å². The van der Waals surface area contributed by atoms with Crippen LogP contribution in [-0.4, -0.2) is 30.7 Å². The van der Waals surface area contributed by atoms with Crippen LogP contribution >= 0.6 is 11.8 Å². The molecule has 33 heavy (non-hydrogen) atoms. The van der Waals surface area contributed by atoms with Gasteiger partial charge in [-0.3, -0.25) is 9.59 Å². The normalized spacial score (nSPS) is 15.4. The van der Waals surface area contributed by atoms with Crippen molar-refractivity contribution >= 4 is 46.2 Å². The van der Waals surface area contributed by atoms with Crippen molar-refractivity contribution in [3.05, 3.63) is 89.3 Å². The van der Waals surface area contributed by atoms with Gasteiger partial charge in [-0.15, -0.1) is 0 Å². The van der Waals surface area contributed by atoms with Crippen LogP contribution in [0, 0.1) is 0 Å². The maximum atomic E-state index is 12.5. The molecule has 0 spiro atoms. The largest absolute Gasteiger partial charge is 0.497 e. The number of methoxy groups -OCH3 is 1. The van der Waals surface area contributed by atoms with Crippen molar-refractivity contribution in [3.63, 3.8) is 0 Å². The molecule has 0 saturated carbocycles. The Hall–Kier alpha value is -4.04. The second kappa shape index (κ2) is 10.5. The summed E-state index contributed by atoms with van der Waals surface area (Å²) < 4.78 is 10.9. The number of hydrogen-bond acceptors (Lipinski definition) is 6. The lowest BCUT2D eigenvalue weighted by Crippen LogP contribution is -2.20. The lowest BCUT2D eigenvalue weighted by molar-refractivity contribution is -0.118. The minimum Gasteiger partial charge on any atom is -0.497 e. The number of anilines is 1. The third kappa shape index (κ3) is 6.02. The number of thioether (sulfide) groups is 1. The highest BCUT2D eigenvalue weighted by atomic mass is 32.2. The fourth-order valence-corrected chi connectivity index (χ4v) is 3.82. The highest BCUT2D eigenvalue weighted by Gasteiger charge is 2.24. The van der Waals surface area contributed by atoms with Crippen LogP contribution in [0.2, 0.25) is 0 Å². The van der Waals surface area contributed by atoms with E-state index in [1.807, 2.05) is 48.5 Å². The van der Waals surface area contributed by atoms with Crippen LogP contribution in [0.4, 0.5) is 11.4 Å². The predicted octanol–water partition coefficient (Wildman–Crippen LogP) is 4.60. The summed E-state index contributed by atoms with van der Waals surface area (Å²) in [4.78, 5) is 29.6. The number of aliphatic imine (C=N–C) groups is 1. The first-order valence-corrected chi connectivity index (χ1v) is 10.9. The van der Waals surface area contributed by atoms with Gasteiger partial charge in [0, 0.05) is 11.3 Å². The molecule has 0 radical (unpaired) electrons. The zero-order chi connectivity index (χ0) is 23.0. The lowest BCUT2D eigenvalue weighted by atomic mass is 10.2. The molecule has 166 valence electrons. The first-order chi connectivity index (χ1) is 16.1. The Morgan fingerprint density at radius 2 is 1.76 bits per heavy atom. The minimum atomic E-state index is -0.273. The quantitative estimate of drug-likeness (QED) is 0.504. The third-order valence-corrected chi connectivity index (χ3v) is 5.49. The number of rotatable bonds is 7. The molecule has 7 nitrogen and oxygen atoms in total. The number of benzene rings is 3. The van der Waals surface area contributed by atoms with Gasteiger partial charge in [0.05, 0.1) is 17.7 Å². The summed E-state index contributed by atoms with van der Waals surface area (Å²) >= 11 is 1.24. The number of nitrogens with one attached hydrogen (secondary N) is 2. The molecule has 8 heteroatoms. The van der Waals surface area contributed by atoms with E-state index < -0.39 is 0 Å². The second-order valence-corrected chi connectivity index (χ2v) is 7.95. The number of hydrogen-bond donors (Lipinski definition) is 2. The number of amidine groups is 1. The number of carbonyl (C=O) groups excluding carboxylic acids is 2. The number of amides is 2. The van der Waals surface area contributed by atoms with Gasteiger partial charge in [0.1, 0.15) is 11.5 Å². The molecule has 2 N–H and O–H groups in total. The van der Waals surface area contributed by atoms with Crippen LogP contribution in [-0.2, 0) is 9.59 Å². The van der Waals surface area contributed by atoms with E-state index in [1.54, 1.807) is 43.5 Å². The van der Waals surface area contributed by atoms with Crippen molar-refractivity contribution in [1.29, 1.82) is 0 Å². The number of ether oxygens (including phenoxy) is 2. The lowest BCUT2D eigenvalue weighted by Gasteiger charge is -2.10. The Kier molecular flexibility index (Phi) is 7.06. The second-order valence-electron chi connectivity index (χ2n) is 6.92. The van der Waals surface area contributed by atoms with E-state index in [0.29, 0.717) is 32.8 Å². The van der Waals surface area contributed by atoms with Crippen molar-refractivity contribution < 1.29 is 19.1 Å². The Labute approximate surface area is 195 Å². The topological polar surface area (TPSA) is 89.0 Å². The van der Waals surface area contributed by atoms with Gasteiger partial charge >= 0.3 is 0 Å². The summed E-state index contributed by atoms with van der Waals surface area (Å²) in [6.45, 7) is -0.154. The van der Waals surface area contributed by atoms with Gasteiger partial charge in [-0.25, -0.2) is 4.99 Å². The summed E-state index contributed by atoms with van der Waals surface area (Å²) in [7, 11) is 1.60. The van der Waals surface area contributed by atoms with E-state index in [2.05, 4.69) is 15.6 Å². The van der Waals surface area contributed by atoms with Gasteiger partial charge in [0.15, 0.2) is 11.8 Å². The molecular formula is C25H21N3O4S. The SMILES string of the molecule is COc1ccc(N=C2NC(=O)/C(=C/c3ccccc3OCC(=O)Nc3ccccc3)S2)cc1. The highest BCUT2D eigenvalue weighted by Crippen LogP contribution is 2.31. The van der Waals surface area contributed by atoms with Crippen molar-refractivity contribution in [2.45, 2.75) is 0 Å². The molecule has 1 saturated heterocycles. The number of para-hydroxylation sites is 2. The molecule has 0 unspecified atom stereocenters. The van der Waals surface area contributed by atoms with E-state index in [9.17, 15) is 9.59 Å². The number of carbonyl (C=O) groups is 2. The van der Waals surface area contributed by atoms with E-state index in [4.69, 9.17) is 9.47 Å². The van der Waals surface area contributed by atoms with Crippen molar-refractivity contribution in [2.75, 3.05) is 19.0 Å². The Bertz CT molecular complexity index is 1210. The molecule has 1 aliphatic rings. The van der Waals surface area contributed by atoms with Crippen LogP contribution in [0.25, 0.3) is 6.08 Å². The zero-order valence-electron chi connectivity index (χ0n) is 17.8. The highest BCUT2D eigenvalue weighted by molar-refractivity contribution is 8.18. The Balaban J connectivity index is 1.43. The molecule has 2 amide bonds. The molecule has 0 bridgehead atoms. The monoisotopic (exact) mass is 459 g/mol. The summed E-state index contributed by atoms with van der Waals surface area (Å²) in [6, 6.07) is 23.6. The van der Waals surface area contributed by atoms with Crippen LogP contribution in [0.3, 0.4) is 0 Å². The molecule has 4 rings (SSSR count). The smallest absolute Gasteiger partial charge is 0.264 e. The van der Waals surface area contributed by atoms with Crippen LogP contribution < -0.4 is 20.1 Å². The Morgan fingerprint density at radius 1 is 1.03 bits per heavy atom. The van der Waals surface area contributed by atoms with Gasteiger partial charge in [0.2, 0.25) is 0 Å². The molecule has 0 aliphatic carbocycles. The summed E-state index contributed by atoms with van der Waals surface area (Å²) in [5.41, 5.74) is 2.09. The third-order valence-electron chi connectivity index (χ3n) is 4.58. The summed E-state index contributed by atoms with van der Waals surface area (Å²) in [6.07, 6.45) is 1.72. The maximum Gasteiger partial charge on any atom is 0.264 e. The van der Waals surface area contributed by atoms with Gasteiger partial charge < -0.3 is 20.1 Å². The van der Waals surface area contributed by atoms with Crippen molar-refractivity contribution in [3.8, 4) is 11.5 Å². The van der Waals surface area contributed by atoms with Crippen molar-refractivity contribution in [2.24, 2.45) is 4.99 Å². The summed E-state index contributed by atoms with van der Waals surface area (Å²) in [5.74, 6) is 0.716. The number of nitrogens with zero attached hydrogens (tertiary/aromatic N) is 1. The molecule has 1 heterocycles. The first kappa shape index (κ1) is 22.2. The van der Waals surface area contributed by atoms with E-state index in [1.165, 1.54) is 11.8 Å². The molecule has 1 aliphatic heterocycles. The van der Waals surface area contributed by atoms with Crippen molar-refractivity contribution in [1.82, 2.24) is 5.32 Å². The van der Waals surface area contributed by atoms with E-state index >= 15 is 0 Å². The fourth-order valence-electron chi connectivity index (χ4n) is 2.99. The van der Waals surface area contributed by atoms with Crippen LogP contribution in [0.15, 0.2) is 88.8 Å². The molecule has 0 atom stereocenters. The summed E-state index contributed by atoms with van der Waals surface area (Å²) in [5, 5.41) is 6.03. The average molecular weight is 460 g/mol. The molecular weight excluding hydrogens is 438 g/mol. The van der Waals surface area contributed by atoms with Gasteiger partial charge in [-0.05, 0) is 60.3 Å².